The lowest BCUT2D eigenvalue weighted by molar-refractivity contribution is -0.122. The number of halogens is 1. The van der Waals surface area contributed by atoms with E-state index in [4.69, 9.17) is 5.73 Å². The number of amides is 1. The van der Waals surface area contributed by atoms with Crippen LogP contribution < -0.4 is 16.6 Å². The third kappa shape index (κ3) is 4.99. The third-order valence-corrected chi connectivity index (χ3v) is 5.67. The summed E-state index contributed by atoms with van der Waals surface area (Å²) in [6.07, 6.45) is 2.72. The average molecular weight is 397 g/mol. The molecule has 1 aromatic carbocycles. The maximum atomic E-state index is 12.1. The molecule has 2 aromatic rings. The van der Waals surface area contributed by atoms with E-state index in [0.717, 1.165) is 12.8 Å². The fourth-order valence-electron chi connectivity index (χ4n) is 2.96. The van der Waals surface area contributed by atoms with Gasteiger partial charge in [-0.25, -0.2) is 4.98 Å². The van der Waals surface area contributed by atoms with Crippen LogP contribution in [0.25, 0.3) is 10.9 Å². The molecular formula is C18H25ClN4O2S. The van der Waals surface area contributed by atoms with Crippen molar-refractivity contribution in [3.05, 3.63) is 40.4 Å². The summed E-state index contributed by atoms with van der Waals surface area (Å²) in [5.74, 6) is 2.44. The van der Waals surface area contributed by atoms with Crippen molar-refractivity contribution in [2.75, 3.05) is 12.3 Å². The Hall–Kier alpha value is -1.57. The first-order valence-electron chi connectivity index (χ1n) is 8.58. The van der Waals surface area contributed by atoms with Crippen molar-refractivity contribution in [1.82, 2.24) is 15.3 Å². The second-order valence-corrected chi connectivity index (χ2v) is 7.88. The van der Waals surface area contributed by atoms with E-state index in [-0.39, 0.29) is 29.4 Å². The molecule has 3 rings (SSSR count). The highest BCUT2D eigenvalue weighted by molar-refractivity contribution is 7.98. The monoisotopic (exact) mass is 396 g/mol. The number of benzene rings is 1. The zero-order valence-corrected chi connectivity index (χ0v) is 16.4. The van der Waals surface area contributed by atoms with Crippen LogP contribution in [-0.2, 0) is 10.5 Å². The van der Waals surface area contributed by atoms with Gasteiger partial charge in [-0.05, 0) is 37.8 Å². The van der Waals surface area contributed by atoms with Crippen LogP contribution in [0.2, 0.25) is 0 Å². The van der Waals surface area contributed by atoms with Crippen LogP contribution in [-0.4, -0.2) is 33.7 Å². The number of nitrogens with zero attached hydrogens (tertiary/aromatic N) is 1. The Labute approximate surface area is 163 Å². The fourth-order valence-corrected chi connectivity index (χ4v) is 3.76. The molecule has 0 radical (unpaired) electrons. The first kappa shape index (κ1) is 20.7. The van der Waals surface area contributed by atoms with Crippen LogP contribution >= 0.6 is 24.2 Å². The summed E-state index contributed by atoms with van der Waals surface area (Å²) in [6.45, 7) is 2.50. The second kappa shape index (κ2) is 8.88. The second-order valence-electron chi connectivity index (χ2n) is 6.78. The Morgan fingerprint density at radius 2 is 2.15 bits per heavy atom. The average Bonchev–Trinajstić information content (AvgIpc) is 3.44. The van der Waals surface area contributed by atoms with Gasteiger partial charge in [-0.15, -0.1) is 12.4 Å². The summed E-state index contributed by atoms with van der Waals surface area (Å²) in [5.41, 5.74) is 6.13. The molecule has 1 aliphatic rings. The van der Waals surface area contributed by atoms with Gasteiger partial charge in [0.05, 0.1) is 22.2 Å². The van der Waals surface area contributed by atoms with E-state index in [0.29, 0.717) is 47.1 Å². The number of aromatic amines is 1. The van der Waals surface area contributed by atoms with E-state index in [2.05, 4.69) is 15.3 Å². The van der Waals surface area contributed by atoms with E-state index < -0.39 is 0 Å². The highest BCUT2D eigenvalue weighted by atomic mass is 35.5. The zero-order valence-electron chi connectivity index (χ0n) is 14.8. The maximum absolute atomic E-state index is 12.1. The number of carbonyl (C=O) groups excluding carboxylic acids is 1. The number of rotatable bonds is 8. The van der Waals surface area contributed by atoms with Crippen LogP contribution in [0.4, 0.5) is 0 Å². The predicted octanol–water partition coefficient (Wildman–Crippen LogP) is 2.21. The lowest BCUT2D eigenvalue weighted by Gasteiger charge is -2.29. The normalized spacial score (nSPS) is 15.9. The van der Waals surface area contributed by atoms with Crippen LogP contribution in [0, 0.1) is 5.92 Å². The van der Waals surface area contributed by atoms with Gasteiger partial charge < -0.3 is 16.0 Å². The highest BCUT2D eigenvalue weighted by Crippen LogP contribution is 2.39. The molecule has 6 nitrogen and oxygen atoms in total. The number of aromatic nitrogens is 2. The Bertz CT molecular complexity index is 824. The van der Waals surface area contributed by atoms with Crippen molar-refractivity contribution in [2.45, 2.75) is 37.5 Å². The van der Waals surface area contributed by atoms with Crippen molar-refractivity contribution in [3.8, 4) is 0 Å². The van der Waals surface area contributed by atoms with Crippen molar-refractivity contribution in [3.63, 3.8) is 0 Å². The van der Waals surface area contributed by atoms with Crippen LogP contribution in [0.3, 0.4) is 0 Å². The molecule has 0 aliphatic heterocycles. The van der Waals surface area contributed by atoms with Crippen LogP contribution in [0.5, 0.6) is 0 Å². The van der Waals surface area contributed by atoms with E-state index >= 15 is 0 Å². The Morgan fingerprint density at radius 3 is 2.85 bits per heavy atom. The van der Waals surface area contributed by atoms with Gasteiger partial charge in [-0.1, -0.05) is 12.1 Å². The quantitative estimate of drug-likeness (QED) is 0.594. The summed E-state index contributed by atoms with van der Waals surface area (Å²) in [6, 6.07) is 7.28. The number of thioether (sulfide) groups is 1. The molecule has 1 atom stereocenters. The van der Waals surface area contributed by atoms with Crippen molar-refractivity contribution < 1.29 is 4.79 Å². The number of nitrogens with one attached hydrogen (secondary N) is 2. The molecule has 142 valence electrons. The molecular weight excluding hydrogens is 372 g/mol. The summed E-state index contributed by atoms with van der Waals surface area (Å²) in [4.78, 5) is 31.4. The summed E-state index contributed by atoms with van der Waals surface area (Å²) >= 11 is 1.58. The first-order chi connectivity index (χ1) is 12.0. The number of nitrogens with two attached hydrogens (primary N) is 1. The molecule has 8 heteroatoms. The number of carbonyl (C=O) groups is 1. The van der Waals surface area contributed by atoms with Crippen LogP contribution in [0.1, 0.15) is 32.0 Å². The molecule has 1 saturated carbocycles. The first-order valence-corrected chi connectivity index (χ1v) is 9.74. The zero-order chi connectivity index (χ0) is 17.9. The highest BCUT2D eigenvalue weighted by Gasteiger charge is 2.41. The lowest BCUT2D eigenvalue weighted by Crippen LogP contribution is -2.53. The molecule has 0 saturated heterocycles. The lowest BCUT2D eigenvalue weighted by atomic mass is 9.96. The summed E-state index contributed by atoms with van der Waals surface area (Å²) in [5, 5.41) is 3.68. The Morgan fingerprint density at radius 1 is 1.42 bits per heavy atom. The molecule has 4 N–H and O–H groups in total. The number of hydrogen-bond donors (Lipinski definition) is 3. The van der Waals surface area contributed by atoms with Gasteiger partial charge >= 0.3 is 0 Å². The molecule has 1 aromatic heterocycles. The molecule has 1 unspecified atom stereocenters. The molecule has 1 heterocycles. The molecule has 1 fully saturated rings. The van der Waals surface area contributed by atoms with Gasteiger partial charge in [0, 0.05) is 18.7 Å². The minimum Gasteiger partial charge on any atom is -0.349 e. The van der Waals surface area contributed by atoms with Gasteiger partial charge in [0.2, 0.25) is 5.91 Å². The predicted molar refractivity (Wildman–Crippen MR) is 109 cm³/mol. The largest absolute Gasteiger partial charge is 0.349 e. The van der Waals surface area contributed by atoms with Gasteiger partial charge in [0.1, 0.15) is 5.82 Å². The SMILES string of the molecule is CC(CN)(NC(=O)CCSCc1nc2ccccc2c(=O)[nH]1)C1CC1.Cl. The molecule has 26 heavy (non-hydrogen) atoms. The van der Waals surface area contributed by atoms with E-state index in [1.165, 1.54) is 0 Å². The standard InChI is InChI=1S/C18H24N4O2S.ClH/c1-18(11-19,12-6-7-12)22-16(23)8-9-25-10-15-20-14-5-3-2-4-13(14)17(24)21-15;/h2-5,12H,6-11,19H2,1H3,(H,22,23)(H,20,21,24);1H. The molecule has 0 spiro atoms. The summed E-state index contributed by atoms with van der Waals surface area (Å²) in [7, 11) is 0. The number of hydrogen-bond acceptors (Lipinski definition) is 5. The van der Waals surface area contributed by atoms with E-state index in [1.54, 1.807) is 17.8 Å². The molecule has 1 amide bonds. The van der Waals surface area contributed by atoms with Gasteiger partial charge in [-0.3, -0.25) is 9.59 Å². The summed E-state index contributed by atoms with van der Waals surface area (Å²) < 4.78 is 0. The van der Waals surface area contributed by atoms with Gasteiger partial charge in [0.15, 0.2) is 0 Å². The van der Waals surface area contributed by atoms with Crippen molar-refractivity contribution >= 4 is 41.0 Å². The van der Waals surface area contributed by atoms with Gasteiger partial charge in [-0.2, -0.15) is 11.8 Å². The van der Waals surface area contributed by atoms with Gasteiger partial charge in [0.25, 0.3) is 5.56 Å². The Balaban J connectivity index is 0.00000243. The van der Waals surface area contributed by atoms with E-state index in [9.17, 15) is 9.59 Å². The minimum atomic E-state index is -0.271. The smallest absolute Gasteiger partial charge is 0.258 e. The fraction of sp³-hybridized carbons (Fsp3) is 0.500. The molecule has 0 bridgehead atoms. The van der Waals surface area contributed by atoms with Crippen molar-refractivity contribution in [1.29, 1.82) is 0 Å². The third-order valence-electron chi connectivity index (χ3n) is 4.70. The minimum absolute atomic E-state index is 0. The van der Waals surface area contributed by atoms with Crippen LogP contribution in [0.15, 0.2) is 29.1 Å². The number of fused-ring (bicyclic) bond motifs is 1. The van der Waals surface area contributed by atoms with E-state index in [1.807, 2.05) is 25.1 Å². The Kier molecular flexibility index (Phi) is 7.08. The maximum Gasteiger partial charge on any atom is 0.258 e. The van der Waals surface area contributed by atoms with Crippen molar-refractivity contribution in [2.24, 2.45) is 11.7 Å². The number of para-hydroxylation sites is 1. The number of H-pyrrole nitrogens is 1. The topological polar surface area (TPSA) is 101 Å². The molecule has 1 aliphatic carbocycles.